The Kier molecular flexibility index (Phi) is 5.15. The van der Waals surface area contributed by atoms with Gasteiger partial charge in [-0.3, -0.25) is 9.59 Å². The molecule has 0 unspecified atom stereocenters. The minimum absolute atomic E-state index is 0.129. The quantitative estimate of drug-likeness (QED) is 0.737. The smallest absolute Gasteiger partial charge is 0.230 e. The van der Waals surface area contributed by atoms with Gasteiger partial charge in [0.25, 0.3) is 0 Å². The first-order valence-corrected chi connectivity index (χ1v) is 8.47. The highest BCUT2D eigenvalue weighted by Gasteiger charge is 2.10. The average Bonchev–Trinajstić information content (AvgIpc) is 3.05. The van der Waals surface area contributed by atoms with Crippen LogP contribution in [0.3, 0.4) is 0 Å². The summed E-state index contributed by atoms with van der Waals surface area (Å²) in [4.78, 5) is 23.1. The van der Waals surface area contributed by atoms with Crippen molar-refractivity contribution in [3.05, 3.63) is 60.2 Å². The Morgan fingerprint density at radius 3 is 2.36 bits per heavy atom. The summed E-state index contributed by atoms with van der Waals surface area (Å²) in [6.45, 7) is 1.45. The highest BCUT2D eigenvalue weighted by molar-refractivity contribution is 7.18. The molecule has 3 rings (SSSR count). The monoisotopic (exact) mass is 352 g/mol. The third-order valence-electron chi connectivity index (χ3n) is 3.33. The lowest BCUT2D eigenvalue weighted by Crippen LogP contribution is -2.14. The molecule has 2 amide bonds. The molecule has 2 aromatic carbocycles. The van der Waals surface area contributed by atoms with Gasteiger partial charge in [-0.25, -0.2) is 0 Å². The molecule has 25 heavy (non-hydrogen) atoms. The van der Waals surface area contributed by atoms with Crippen molar-refractivity contribution in [1.82, 2.24) is 10.2 Å². The van der Waals surface area contributed by atoms with Crippen molar-refractivity contribution in [1.29, 1.82) is 0 Å². The number of nitrogens with zero attached hydrogens (tertiary/aromatic N) is 2. The highest BCUT2D eigenvalue weighted by Crippen LogP contribution is 2.25. The van der Waals surface area contributed by atoms with E-state index < -0.39 is 0 Å². The molecular weight excluding hydrogens is 336 g/mol. The molecule has 0 fully saturated rings. The van der Waals surface area contributed by atoms with E-state index in [4.69, 9.17) is 0 Å². The molecule has 0 bridgehead atoms. The molecule has 2 N–H and O–H groups in total. The first-order valence-electron chi connectivity index (χ1n) is 7.65. The van der Waals surface area contributed by atoms with Gasteiger partial charge in [-0.2, -0.15) is 0 Å². The summed E-state index contributed by atoms with van der Waals surface area (Å²) in [7, 11) is 0. The van der Waals surface area contributed by atoms with E-state index in [1.54, 1.807) is 24.3 Å². The molecule has 1 aromatic heterocycles. The van der Waals surface area contributed by atoms with Gasteiger partial charge in [0.2, 0.25) is 16.9 Å². The van der Waals surface area contributed by atoms with E-state index in [2.05, 4.69) is 20.8 Å². The van der Waals surface area contributed by atoms with Crippen LogP contribution in [-0.4, -0.2) is 22.0 Å². The summed E-state index contributed by atoms with van der Waals surface area (Å²) >= 11 is 1.33. The van der Waals surface area contributed by atoms with Crippen LogP contribution in [0.15, 0.2) is 54.6 Å². The predicted octanol–water partition coefficient (Wildman–Crippen LogP) is 3.34. The van der Waals surface area contributed by atoms with E-state index >= 15 is 0 Å². The number of carbonyl (C=O) groups excluding carboxylic acids is 2. The molecule has 0 spiro atoms. The van der Waals surface area contributed by atoms with Crippen LogP contribution in [0, 0.1) is 0 Å². The molecule has 7 heteroatoms. The van der Waals surface area contributed by atoms with Crippen molar-refractivity contribution in [2.24, 2.45) is 0 Å². The van der Waals surface area contributed by atoms with Gasteiger partial charge in [-0.1, -0.05) is 53.8 Å². The van der Waals surface area contributed by atoms with Crippen LogP contribution in [0.25, 0.3) is 10.6 Å². The van der Waals surface area contributed by atoms with Gasteiger partial charge in [0, 0.05) is 18.2 Å². The largest absolute Gasteiger partial charge is 0.326 e. The molecule has 0 aliphatic rings. The molecule has 0 saturated carbocycles. The lowest BCUT2D eigenvalue weighted by atomic mass is 10.1. The number of carbonyl (C=O) groups is 2. The zero-order valence-electron chi connectivity index (χ0n) is 13.5. The zero-order chi connectivity index (χ0) is 17.6. The van der Waals surface area contributed by atoms with E-state index in [1.807, 2.05) is 30.3 Å². The van der Waals surface area contributed by atoms with Gasteiger partial charge in [0.05, 0.1) is 6.42 Å². The summed E-state index contributed by atoms with van der Waals surface area (Å²) in [5, 5.41) is 14.8. The van der Waals surface area contributed by atoms with Gasteiger partial charge < -0.3 is 10.6 Å². The summed E-state index contributed by atoms with van der Waals surface area (Å²) in [6, 6.07) is 16.8. The van der Waals surface area contributed by atoms with E-state index in [-0.39, 0.29) is 18.2 Å². The topological polar surface area (TPSA) is 84.0 Å². The minimum atomic E-state index is -0.164. The fraction of sp³-hybridized carbons (Fsp3) is 0.111. The number of anilines is 2. The van der Waals surface area contributed by atoms with Crippen molar-refractivity contribution >= 4 is 34.0 Å². The third kappa shape index (κ3) is 4.71. The lowest BCUT2D eigenvalue weighted by Gasteiger charge is -2.04. The van der Waals surface area contributed by atoms with Gasteiger partial charge >= 0.3 is 0 Å². The number of hydrogen-bond donors (Lipinski definition) is 2. The molecule has 0 aliphatic carbocycles. The first-order chi connectivity index (χ1) is 12.1. The minimum Gasteiger partial charge on any atom is -0.326 e. The Morgan fingerprint density at radius 1 is 0.960 bits per heavy atom. The molecule has 0 aliphatic heterocycles. The van der Waals surface area contributed by atoms with Crippen LogP contribution in [0.4, 0.5) is 10.8 Å². The van der Waals surface area contributed by atoms with Crippen LogP contribution < -0.4 is 10.6 Å². The zero-order valence-corrected chi connectivity index (χ0v) is 14.3. The fourth-order valence-electron chi connectivity index (χ4n) is 2.23. The average molecular weight is 352 g/mol. The number of rotatable bonds is 5. The number of benzene rings is 2. The second kappa shape index (κ2) is 7.67. The summed E-state index contributed by atoms with van der Waals surface area (Å²) in [6.07, 6.45) is 0.223. The molecule has 1 heterocycles. The molecule has 0 radical (unpaired) electrons. The van der Waals surface area contributed by atoms with Gasteiger partial charge in [-0.15, -0.1) is 10.2 Å². The Balaban J connectivity index is 1.59. The van der Waals surface area contributed by atoms with Gasteiger partial charge in [-0.05, 0) is 17.7 Å². The van der Waals surface area contributed by atoms with Crippen LogP contribution in [-0.2, 0) is 16.0 Å². The Bertz CT molecular complexity index is 876. The summed E-state index contributed by atoms with van der Waals surface area (Å²) in [5.74, 6) is -0.293. The maximum atomic E-state index is 12.1. The molecule has 0 saturated heterocycles. The van der Waals surface area contributed by atoms with Crippen LogP contribution >= 0.6 is 11.3 Å². The first kappa shape index (κ1) is 16.8. The van der Waals surface area contributed by atoms with E-state index in [1.165, 1.54) is 18.3 Å². The highest BCUT2D eigenvalue weighted by atomic mass is 32.1. The maximum Gasteiger partial charge on any atom is 0.230 e. The molecule has 6 nitrogen and oxygen atoms in total. The molecule has 126 valence electrons. The lowest BCUT2D eigenvalue weighted by molar-refractivity contribution is -0.116. The maximum absolute atomic E-state index is 12.1. The van der Waals surface area contributed by atoms with Crippen LogP contribution in [0.2, 0.25) is 0 Å². The van der Waals surface area contributed by atoms with Crippen molar-refractivity contribution in [2.75, 3.05) is 10.6 Å². The predicted molar refractivity (Wildman–Crippen MR) is 98.4 cm³/mol. The second-order valence-corrected chi connectivity index (χ2v) is 6.36. The Morgan fingerprint density at radius 2 is 1.68 bits per heavy atom. The normalized spacial score (nSPS) is 10.3. The van der Waals surface area contributed by atoms with Crippen molar-refractivity contribution in [3.63, 3.8) is 0 Å². The van der Waals surface area contributed by atoms with E-state index in [9.17, 15) is 9.59 Å². The number of nitrogens with one attached hydrogen (secondary N) is 2. The van der Waals surface area contributed by atoms with Crippen molar-refractivity contribution in [2.45, 2.75) is 13.3 Å². The Labute approximate surface area is 148 Å². The van der Waals surface area contributed by atoms with Gasteiger partial charge in [0.15, 0.2) is 0 Å². The number of aromatic nitrogens is 2. The molecule has 3 aromatic rings. The number of hydrogen-bond acceptors (Lipinski definition) is 5. The van der Waals surface area contributed by atoms with E-state index in [0.717, 1.165) is 16.1 Å². The fourth-order valence-corrected chi connectivity index (χ4v) is 2.99. The summed E-state index contributed by atoms with van der Waals surface area (Å²) < 4.78 is 0. The van der Waals surface area contributed by atoms with Crippen molar-refractivity contribution in [3.8, 4) is 10.6 Å². The second-order valence-electron chi connectivity index (χ2n) is 5.38. The molecular formula is C18H16N4O2S. The van der Waals surface area contributed by atoms with Crippen LogP contribution in [0.1, 0.15) is 12.5 Å². The SMILES string of the molecule is CC(=O)Nc1ccc(CC(=O)Nc2nnc(-c3ccccc3)s2)cc1. The molecule has 0 atom stereocenters. The number of amides is 2. The third-order valence-corrected chi connectivity index (χ3v) is 4.22. The summed E-state index contributed by atoms with van der Waals surface area (Å²) in [5.41, 5.74) is 2.52. The van der Waals surface area contributed by atoms with Gasteiger partial charge in [0.1, 0.15) is 5.01 Å². The standard InChI is InChI=1S/C18H16N4O2S/c1-12(23)19-15-9-7-13(8-10-15)11-16(24)20-18-22-21-17(25-18)14-5-3-2-4-6-14/h2-10H,11H2,1H3,(H,19,23)(H,20,22,24). The van der Waals surface area contributed by atoms with Crippen molar-refractivity contribution < 1.29 is 9.59 Å². The van der Waals surface area contributed by atoms with E-state index in [0.29, 0.717) is 10.8 Å². The van der Waals surface area contributed by atoms with Crippen LogP contribution in [0.5, 0.6) is 0 Å². The Hall–Kier alpha value is -3.06.